The van der Waals surface area contributed by atoms with Crippen molar-refractivity contribution in [1.29, 1.82) is 0 Å². The van der Waals surface area contributed by atoms with Gasteiger partial charge >= 0.3 is 0 Å². The van der Waals surface area contributed by atoms with Crippen LogP contribution >= 0.6 is 22.9 Å². The highest BCUT2D eigenvalue weighted by atomic mass is 35.5. The van der Waals surface area contributed by atoms with E-state index in [4.69, 9.17) is 16.3 Å². The van der Waals surface area contributed by atoms with Gasteiger partial charge in [-0.2, -0.15) is 0 Å². The van der Waals surface area contributed by atoms with Crippen LogP contribution in [0.15, 0.2) is 11.4 Å². The first-order valence-electron chi connectivity index (χ1n) is 5.68. The van der Waals surface area contributed by atoms with Crippen LogP contribution < -0.4 is 5.32 Å². The van der Waals surface area contributed by atoms with Gasteiger partial charge in [-0.15, -0.1) is 11.3 Å². The Hall–Kier alpha value is -0.0900. The maximum Gasteiger partial charge on any atom is 0.0561 e. The van der Waals surface area contributed by atoms with E-state index in [2.05, 4.69) is 19.2 Å². The molecule has 0 saturated heterocycles. The standard InChI is InChI=1S/C12H20ClNOS/c1-4-6-14-11(8-9(2)15-3)12-10(13)5-7-16-12/h5,7,9,11,14H,4,6,8H2,1-3H3. The summed E-state index contributed by atoms with van der Waals surface area (Å²) >= 11 is 7.88. The second kappa shape index (κ2) is 7.28. The first kappa shape index (κ1) is 14.0. The summed E-state index contributed by atoms with van der Waals surface area (Å²) in [5.74, 6) is 0. The number of nitrogens with one attached hydrogen (secondary N) is 1. The highest BCUT2D eigenvalue weighted by Gasteiger charge is 2.18. The van der Waals surface area contributed by atoms with Gasteiger partial charge in [-0.25, -0.2) is 0 Å². The van der Waals surface area contributed by atoms with E-state index in [1.807, 2.05) is 11.4 Å². The predicted octanol–water partition coefficient (Wildman–Crippen LogP) is 3.87. The molecule has 16 heavy (non-hydrogen) atoms. The molecule has 4 heteroatoms. The number of ether oxygens (including phenoxy) is 1. The number of halogens is 1. The Labute approximate surface area is 107 Å². The lowest BCUT2D eigenvalue weighted by Gasteiger charge is -2.21. The predicted molar refractivity (Wildman–Crippen MR) is 71.5 cm³/mol. The zero-order valence-corrected chi connectivity index (χ0v) is 11.7. The molecule has 92 valence electrons. The zero-order valence-electron chi connectivity index (χ0n) is 10.1. The molecule has 0 amide bonds. The molecule has 0 aliphatic heterocycles. The lowest BCUT2D eigenvalue weighted by molar-refractivity contribution is 0.101. The van der Waals surface area contributed by atoms with Gasteiger partial charge < -0.3 is 10.1 Å². The van der Waals surface area contributed by atoms with Crippen molar-refractivity contribution in [2.24, 2.45) is 0 Å². The molecule has 1 rings (SSSR count). The minimum Gasteiger partial charge on any atom is -0.382 e. The quantitative estimate of drug-likeness (QED) is 0.805. The van der Waals surface area contributed by atoms with Crippen LogP contribution in [0.2, 0.25) is 5.02 Å². The van der Waals surface area contributed by atoms with Crippen molar-refractivity contribution in [3.8, 4) is 0 Å². The lowest BCUT2D eigenvalue weighted by Crippen LogP contribution is -2.25. The van der Waals surface area contributed by atoms with Crippen molar-refractivity contribution in [2.75, 3.05) is 13.7 Å². The summed E-state index contributed by atoms with van der Waals surface area (Å²) in [5.41, 5.74) is 0. The molecule has 2 nitrogen and oxygen atoms in total. The minimum absolute atomic E-state index is 0.243. The smallest absolute Gasteiger partial charge is 0.0561 e. The summed E-state index contributed by atoms with van der Waals surface area (Å²) in [6.45, 7) is 5.26. The van der Waals surface area contributed by atoms with Crippen LogP contribution in [-0.4, -0.2) is 19.8 Å². The van der Waals surface area contributed by atoms with Gasteiger partial charge in [0.25, 0.3) is 0 Å². The Morgan fingerprint density at radius 2 is 2.31 bits per heavy atom. The van der Waals surface area contributed by atoms with Gasteiger partial charge in [-0.3, -0.25) is 0 Å². The van der Waals surface area contributed by atoms with Crippen LogP contribution in [-0.2, 0) is 4.74 Å². The molecule has 0 aromatic carbocycles. The van der Waals surface area contributed by atoms with Crippen LogP contribution in [0, 0.1) is 0 Å². The molecule has 1 aromatic rings. The highest BCUT2D eigenvalue weighted by molar-refractivity contribution is 7.10. The van der Waals surface area contributed by atoms with Crippen molar-refractivity contribution in [3.05, 3.63) is 21.3 Å². The fourth-order valence-corrected chi connectivity index (χ4v) is 2.86. The Balaban J connectivity index is 2.67. The Kier molecular flexibility index (Phi) is 6.36. The topological polar surface area (TPSA) is 21.3 Å². The number of methoxy groups -OCH3 is 1. The summed E-state index contributed by atoms with van der Waals surface area (Å²) in [5, 5.41) is 6.42. The van der Waals surface area contributed by atoms with Crippen molar-refractivity contribution in [3.63, 3.8) is 0 Å². The average Bonchev–Trinajstić information content (AvgIpc) is 2.70. The molecule has 0 bridgehead atoms. The van der Waals surface area contributed by atoms with E-state index < -0.39 is 0 Å². The van der Waals surface area contributed by atoms with E-state index in [0.29, 0.717) is 6.04 Å². The molecule has 2 unspecified atom stereocenters. The van der Waals surface area contributed by atoms with Gasteiger partial charge in [0.15, 0.2) is 0 Å². The van der Waals surface area contributed by atoms with Crippen LogP contribution in [0.5, 0.6) is 0 Å². The second-order valence-electron chi connectivity index (χ2n) is 3.92. The maximum atomic E-state index is 6.17. The third kappa shape index (κ3) is 4.06. The molecule has 2 atom stereocenters. The van der Waals surface area contributed by atoms with E-state index in [1.54, 1.807) is 18.4 Å². The molecule has 1 aromatic heterocycles. The minimum atomic E-state index is 0.243. The second-order valence-corrected chi connectivity index (χ2v) is 5.28. The van der Waals surface area contributed by atoms with Gasteiger partial charge in [-0.05, 0) is 37.8 Å². The first-order valence-corrected chi connectivity index (χ1v) is 6.93. The fourth-order valence-electron chi connectivity index (χ4n) is 1.58. The molecule has 0 aliphatic rings. The molecule has 0 fully saturated rings. The van der Waals surface area contributed by atoms with Crippen LogP contribution in [0.4, 0.5) is 0 Å². The highest BCUT2D eigenvalue weighted by Crippen LogP contribution is 2.31. The van der Waals surface area contributed by atoms with Crippen molar-refractivity contribution in [1.82, 2.24) is 5.32 Å². The van der Waals surface area contributed by atoms with Crippen LogP contribution in [0.3, 0.4) is 0 Å². The molecule has 0 radical (unpaired) electrons. The summed E-state index contributed by atoms with van der Waals surface area (Å²) in [7, 11) is 1.75. The van der Waals surface area contributed by atoms with Gasteiger partial charge in [0.1, 0.15) is 0 Å². The monoisotopic (exact) mass is 261 g/mol. The van der Waals surface area contributed by atoms with E-state index in [1.165, 1.54) is 4.88 Å². The fraction of sp³-hybridized carbons (Fsp3) is 0.667. The third-order valence-corrected chi connectivity index (χ3v) is 4.04. The number of rotatable bonds is 7. The molecule has 1 heterocycles. The third-order valence-electron chi connectivity index (χ3n) is 2.57. The van der Waals surface area contributed by atoms with Crippen molar-refractivity contribution in [2.45, 2.75) is 38.8 Å². The summed E-state index contributed by atoms with van der Waals surface area (Å²) in [4.78, 5) is 1.22. The summed E-state index contributed by atoms with van der Waals surface area (Å²) in [6, 6.07) is 2.27. The van der Waals surface area contributed by atoms with Gasteiger partial charge in [0, 0.05) is 18.0 Å². The molecule has 0 spiro atoms. The normalized spacial score (nSPS) is 15.0. The zero-order chi connectivity index (χ0) is 12.0. The molecule has 0 aliphatic carbocycles. The Morgan fingerprint density at radius 3 is 2.81 bits per heavy atom. The maximum absolute atomic E-state index is 6.17. The van der Waals surface area contributed by atoms with E-state index in [9.17, 15) is 0 Å². The van der Waals surface area contributed by atoms with E-state index in [0.717, 1.165) is 24.4 Å². The summed E-state index contributed by atoms with van der Waals surface area (Å²) in [6.07, 6.45) is 2.32. The van der Waals surface area contributed by atoms with Gasteiger partial charge in [0.2, 0.25) is 0 Å². The number of hydrogen-bond acceptors (Lipinski definition) is 3. The van der Waals surface area contributed by atoms with Crippen LogP contribution in [0.25, 0.3) is 0 Å². The molecule has 1 N–H and O–H groups in total. The number of hydrogen-bond donors (Lipinski definition) is 1. The first-order chi connectivity index (χ1) is 7.69. The van der Waals surface area contributed by atoms with Crippen molar-refractivity contribution < 1.29 is 4.74 Å². The van der Waals surface area contributed by atoms with Crippen LogP contribution in [0.1, 0.15) is 37.6 Å². The average molecular weight is 262 g/mol. The largest absolute Gasteiger partial charge is 0.382 e. The SMILES string of the molecule is CCCNC(CC(C)OC)c1sccc1Cl. The molecule has 0 saturated carbocycles. The van der Waals surface area contributed by atoms with E-state index in [-0.39, 0.29) is 6.10 Å². The number of thiophene rings is 1. The lowest BCUT2D eigenvalue weighted by atomic mass is 10.1. The molecular weight excluding hydrogens is 242 g/mol. The van der Waals surface area contributed by atoms with Crippen molar-refractivity contribution >= 4 is 22.9 Å². The van der Waals surface area contributed by atoms with E-state index >= 15 is 0 Å². The summed E-state index contributed by atoms with van der Waals surface area (Å²) < 4.78 is 5.32. The Bertz CT molecular complexity index is 303. The Morgan fingerprint density at radius 1 is 1.56 bits per heavy atom. The molecular formula is C12H20ClNOS. The van der Waals surface area contributed by atoms with Gasteiger partial charge in [-0.1, -0.05) is 18.5 Å². The van der Waals surface area contributed by atoms with Gasteiger partial charge in [0.05, 0.1) is 11.1 Å².